The molecule has 100 valence electrons. The van der Waals surface area contributed by atoms with Crippen LogP contribution in [0.1, 0.15) is 43.8 Å². The molecule has 1 N–H and O–H groups in total. The summed E-state index contributed by atoms with van der Waals surface area (Å²) in [6.07, 6.45) is 3.00. The van der Waals surface area contributed by atoms with E-state index < -0.39 is 5.97 Å². The fraction of sp³-hybridized carbons (Fsp3) is 0.750. The molecule has 1 heterocycles. The second kappa shape index (κ2) is 5.95. The van der Waals surface area contributed by atoms with Gasteiger partial charge in [0, 0.05) is 13.0 Å². The summed E-state index contributed by atoms with van der Waals surface area (Å²) in [4.78, 5) is 15.4. The molecule has 1 aliphatic carbocycles. The van der Waals surface area contributed by atoms with Gasteiger partial charge in [-0.1, -0.05) is 11.6 Å². The Kier molecular flexibility index (Phi) is 4.30. The molecule has 0 saturated heterocycles. The molecule has 0 spiro atoms. The molecule has 2 rings (SSSR count). The molecule has 0 aliphatic heterocycles. The van der Waals surface area contributed by atoms with Crippen molar-refractivity contribution in [2.75, 3.05) is 13.2 Å². The topological polar surface area (TPSA) is 85.5 Å². The summed E-state index contributed by atoms with van der Waals surface area (Å²) in [5.74, 6) is -0.228. The number of rotatable bonds is 6. The number of carboxylic acids is 1. The maximum Gasteiger partial charge on any atom is 0.307 e. The summed E-state index contributed by atoms with van der Waals surface area (Å²) < 4.78 is 10.4. The van der Waals surface area contributed by atoms with Crippen molar-refractivity contribution in [3.05, 3.63) is 11.7 Å². The van der Waals surface area contributed by atoms with Crippen molar-refractivity contribution < 1.29 is 19.2 Å². The van der Waals surface area contributed by atoms with Crippen molar-refractivity contribution in [3.63, 3.8) is 0 Å². The van der Waals surface area contributed by atoms with Gasteiger partial charge in [-0.15, -0.1) is 0 Å². The van der Waals surface area contributed by atoms with Gasteiger partial charge in [0.1, 0.15) is 0 Å². The highest BCUT2D eigenvalue weighted by Gasteiger charge is 2.37. The lowest BCUT2D eigenvalue weighted by atomic mass is 9.96. The lowest BCUT2D eigenvalue weighted by Crippen LogP contribution is -2.17. The fourth-order valence-electron chi connectivity index (χ4n) is 2.38. The smallest absolute Gasteiger partial charge is 0.307 e. The zero-order valence-corrected chi connectivity index (χ0v) is 10.5. The van der Waals surface area contributed by atoms with Crippen LogP contribution >= 0.6 is 0 Å². The molecule has 2 unspecified atom stereocenters. The van der Waals surface area contributed by atoms with Crippen molar-refractivity contribution >= 4 is 5.97 Å². The summed E-state index contributed by atoms with van der Waals surface area (Å²) in [6, 6.07) is 0. The third kappa shape index (κ3) is 2.87. The van der Waals surface area contributed by atoms with Crippen molar-refractivity contribution in [3.8, 4) is 0 Å². The molecular weight excluding hydrogens is 236 g/mol. The van der Waals surface area contributed by atoms with Crippen LogP contribution in [0.5, 0.6) is 0 Å². The van der Waals surface area contributed by atoms with Gasteiger partial charge < -0.3 is 14.4 Å². The predicted molar refractivity (Wildman–Crippen MR) is 62.2 cm³/mol. The molecule has 1 aliphatic rings. The predicted octanol–water partition coefficient (Wildman–Crippen LogP) is 1.62. The lowest BCUT2D eigenvalue weighted by molar-refractivity contribution is -0.142. The average Bonchev–Trinajstić information content (AvgIpc) is 2.96. The summed E-state index contributed by atoms with van der Waals surface area (Å²) in [5.41, 5.74) is 0. The van der Waals surface area contributed by atoms with Gasteiger partial charge >= 0.3 is 5.97 Å². The van der Waals surface area contributed by atoms with Crippen LogP contribution in [0.4, 0.5) is 0 Å². The number of hydrogen-bond donors (Lipinski definition) is 1. The van der Waals surface area contributed by atoms with Crippen molar-refractivity contribution in [2.45, 2.75) is 38.5 Å². The van der Waals surface area contributed by atoms with Crippen LogP contribution in [-0.4, -0.2) is 34.4 Å². The summed E-state index contributed by atoms with van der Waals surface area (Å²) in [5, 5.41) is 13.0. The minimum Gasteiger partial charge on any atom is -0.481 e. The first-order valence-corrected chi connectivity index (χ1v) is 6.35. The monoisotopic (exact) mass is 254 g/mol. The Balaban J connectivity index is 1.98. The Bertz CT molecular complexity index is 405. The Labute approximate surface area is 105 Å². The highest BCUT2D eigenvalue weighted by molar-refractivity contribution is 5.71. The van der Waals surface area contributed by atoms with Crippen molar-refractivity contribution in [2.24, 2.45) is 5.92 Å². The van der Waals surface area contributed by atoms with Gasteiger partial charge in [-0.2, -0.15) is 4.98 Å². The molecule has 6 nitrogen and oxygen atoms in total. The summed E-state index contributed by atoms with van der Waals surface area (Å²) >= 11 is 0. The third-order valence-corrected chi connectivity index (χ3v) is 3.31. The Morgan fingerprint density at radius 2 is 2.39 bits per heavy atom. The molecule has 1 aromatic rings. The van der Waals surface area contributed by atoms with Crippen LogP contribution in [0.2, 0.25) is 0 Å². The van der Waals surface area contributed by atoms with E-state index in [0.717, 1.165) is 12.8 Å². The van der Waals surface area contributed by atoms with Crippen LogP contribution < -0.4 is 0 Å². The van der Waals surface area contributed by atoms with Crippen LogP contribution in [0.25, 0.3) is 0 Å². The minimum atomic E-state index is -0.772. The van der Waals surface area contributed by atoms with E-state index in [-0.39, 0.29) is 11.8 Å². The molecule has 0 aromatic carbocycles. The number of ether oxygens (including phenoxy) is 1. The minimum absolute atomic E-state index is 0.129. The second-order valence-corrected chi connectivity index (χ2v) is 4.48. The molecule has 6 heteroatoms. The quantitative estimate of drug-likeness (QED) is 0.776. The maximum atomic E-state index is 11.1. The highest BCUT2D eigenvalue weighted by atomic mass is 16.5. The SMILES string of the molecule is CCOCCc1noc(C2CCCC2C(=O)O)n1. The first kappa shape index (κ1) is 13.0. The van der Waals surface area contributed by atoms with E-state index in [1.165, 1.54) is 0 Å². The normalized spacial score (nSPS) is 23.4. The van der Waals surface area contributed by atoms with Gasteiger partial charge in [-0.3, -0.25) is 4.79 Å². The first-order chi connectivity index (χ1) is 8.72. The third-order valence-electron chi connectivity index (χ3n) is 3.31. The lowest BCUT2D eigenvalue weighted by Gasteiger charge is -2.09. The van der Waals surface area contributed by atoms with Gasteiger partial charge in [-0.05, 0) is 19.8 Å². The first-order valence-electron chi connectivity index (χ1n) is 6.35. The van der Waals surface area contributed by atoms with Crippen LogP contribution in [-0.2, 0) is 16.0 Å². The molecule has 0 bridgehead atoms. The fourth-order valence-corrected chi connectivity index (χ4v) is 2.38. The van der Waals surface area contributed by atoms with E-state index in [0.29, 0.717) is 37.8 Å². The summed E-state index contributed by atoms with van der Waals surface area (Å²) in [7, 11) is 0. The zero-order chi connectivity index (χ0) is 13.0. The van der Waals surface area contributed by atoms with E-state index in [1.807, 2.05) is 6.92 Å². The molecule has 0 amide bonds. The largest absolute Gasteiger partial charge is 0.481 e. The Morgan fingerprint density at radius 1 is 1.56 bits per heavy atom. The van der Waals surface area contributed by atoms with E-state index >= 15 is 0 Å². The number of carbonyl (C=O) groups is 1. The Morgan fingerprint density at radius 3 is 3.11 bits per heavy atom. The van der Waals surface area contributed by atoms with Gasteiger partial charge in [-0.25, -0.2) is 0 Å². The Hall–Kier alpha value is -1.43. The standard InChI is InChI=1S/C12H18N2O4/c1-2-17-7-6-10-13-11(18-14-10)8-4-3-5-9(8)12(15)16/h8-9H,2-7H2,1H3,(H,15,16). The molecular formula is C12H18N2O4. The number of carboxylic acid groups (broad SMARTS) is 1. The maximum absolute atomic E-state index is 11.1. The second-order valence-electron chi connectivity index (χ2n) is 4.48. The molecule has 1 aromatic heterocycles. The molecule has 18 heavy (non-hydrogen) atoms. The van der Waals surface area contributed by atoms with Crippen molar-refractivity contribution in [1.29, 1.82) is 0 Å². The molecule has 1 fully saturated rings. The molecule has 2 atom stereocenters. The number of aromatic nitrogens is 2. The van der Waals surface area contributed by atoms with Crippen LogP contribution in [0, 0.1) is 5.92 Å². The van der Waals surface area contributed by atoms with Gasteiger partial charge in [0.15, 0.2) is 5.82 Å². The average molecular weight is 254 g/mol. The van der Waals surface area contributed by atoms with E-state index in [4.69, 9.17) is 14.4 Å². The number of aliphatic carboxylic acids is 1. The van der Waals surface area contributed by atoms with Gasteiger partial charge in [0.25, 0.3) is 0 Å². The van der Waals surface area contributed by atoms with E-state index in [1.54, 1.807) is 0 Å². The van der Waals surface area contributed by atoms with Crippen LogP contribution in [0.3, 0.4) is 0 Å². The number of nitrogens with zero attached hydrogens (tertiary/aromatic N) is 2. The van der Waals surface area contributed by atoms with Gasteiger partial charge in [0.05, 0.1) is 18.4 Å². The van der Waals surface area contributed by atoms with Gasteiger partial charge in [0.2, 0.25) is 5.89 Å². The number of hydrogen-bond acceptors (Lipinski definition) is 5. The zero-order valence-electron chi connectivity index (χ0n) is 10.5. The highest BCUT2D eigenvalue weighted by Crippen LogP contribution is 2.38. The molecule has 1 saturated carbocycles. The van der Waals surface area contributed by atoms with E-state index in [2.05, 4.69) is 10.1 Å². The molecule has 0 radical (unpaired) electrons. The van der Waals surface area contributed by atoms with Crippen molar-refractivity contribution in [1.82, 2.24) is 10.1 Å². The van der Waals surface area contributed by atoms with Crippen LogP contribution in [0.15, 0.2) is 4.52 Å². The summed E-state index contributed by atoms with van der Waals surface area (Å²) in [6.45, 7) is 3.15. The van der Waals surface area contributed by atoms with E-state index in [9.17, 15) is 4.79 Å².